The number of aliphatic hydroxyl groups is 8. The molecule has 2 aliphatic heterocycles. The first kappa shape index (κ1) is 31.2. The van der Waals surface area contributed by atoms with Crippen LogP contribution in [0.5, 0.6) is 0 Å². The average molecular weight is 616 g/mol. The average Bonchev–Trinajstić information content (AvgIpc) is 3.39. The van der Waals surface area contributed by atoms with Crippen molar-refractivity contribution in [2.75, 3.05) is 13.2 Å². The molecule has 0 bridgehead atoms. The van der Waals surface area contributed by atoms with Crippen LogP contribution in [0, 0.1) is 23.7 Å². The molecular formula is C34H33NO10. The predicted molar refractivity (Wildman–Crippen MR) is 162 cm³/mol. The van der Waals surface area contributed by atoms with Crippen LogP contribution in [0.25, 0.3) is 27.5 Å². The summed E-state index contributed by atoms with van der Waals surface area (Å²) in [6.07, 6.45) is -13.3. The van der Waals surface area contributed by atoms with E-state index in [-0.39, 0.29) is 0 Å². The standard InChI is InChI=1S/C34H33NO10/c36-16-27-31(40)33(42)29(38)25(44-27)12-8-18-6-10-23-21(14-18)22-15-19(7-11-24(22)35(23)20-4-2-1-3-5-20)9-13-26-30(39)34(43)32(41)28(17-37)45-26/h1-7,10-11,14-15,25-34,36-43H,16-17H2. The first-order chi connectivity index (χ1) is 21.7. The van der Waals surface area contributed by atoms with Gasteiger partial charge in [-0.25, -0.2) is 0 Å². The maximum atomic E-state index is 10.4. The van der Waals surface area contributed by atoms with Gasteiger partial charge in [-0.3, -0.25) is 0 Å². The van der Waals surface area contributed by atoms with Crippen LogP contribution in [0.2, 0.25) is 0 Å². The lowest BCUT2D eigenvalue weighted by Gasteiger charge is -2.37. The number of nitrogens with zero attached hydrogens (tertiary/aromatic N) is 1. The maximum Gasteiger partial charge on any atom is 0.147 e. The Bertz CT molecular complexity index is 1690. The molecule has 2 aliphatic rings. The number of aliphatic hydroxyl groups excluding tert-OH is 8. The van der Waals surface area contributed by atoms with E-state index in [1.807, 2.05) is 66.7 Å². The van der Waals surface area contributed by atoms with E-state index in [0.717, 1.165) is 27.5 Å². The summed E-state index contributed by atoms with van der Waals surface area (Å²) in [4.78, 5) is 0. The molecule has 4 aromatic rings. The molecule has 0 radical (unpaired) electrons. The molecule has 2 saturated heterocycles. The number of hydrogen-bond donors (Lipinski definition) is 8. The number of rotatable bonds is 3. The summed E-state index contributed by atoms with van der Waals surface area (Å²) in [5.74, 6) is 11.6. The normalized spacial score (nSPS) is 31.6. The third-order valence-corrected chi connectivity index (χ3v) is 8.28. The second-order valence-electron chi connectivity index (χ2n) is 11.2. The summed E-state index contributed by atoms with van der Waals surface area (Å²) >= 11 is 0. The first-order valence-electron chi connectivity index (χ1n) is 14.5. The zero-order valence-corrected chi connectivity index (χ0v) is 23.9. The fourth-order valence-electron chi connectivity index (χ4n) is 5.78. The van der Waals surface area contributed by atoms with Crippen LogP contribution >= 0.6 is 0 Å². The highest BCUT2D eigenvalue weighted by molar-refractivity contribution is 6.10. The summed E-state index contributed by atoms with van der Waals surface area (Å²) in [5, 5.41) is 81.8. The highest BCUT2D eigenvalue weighted by atomic mass is 16.5. The Kier molecular flexibility index (Phi) is 8.93. The molecule has 11 nitrogen and oxygen atoms in total. The third kappa shape index (κ3) is 5.84. The van der Waals surface area contributed by atoms with Crippen molar-refractivity contribution in [3.8, 4) is 29.4 Å². The molecule has 45 heavy (non-hydrogen) atoms. The molecule has 234 valence electrons. The van der Waals surface area contributed by atoms with Crippen molar-refractivity contribution in [1.29, 1.82) is 0 Å². The number of benzene rings is 3. The van der Waals surface area contributed by atoms with Crippen molar-refractivity contribution in [1.82, 2.24) is 4.57 Å². The molecule has 1 aromatic heterocycles. The van der Waals surface area contributed by atoms with Crippen LogP contribution < -0.4 is 0 Å². The smallest absolute Gasteiger partial charge is 0.147 e. The van der Waals surface area contributed by atoms with Crippen molar-refractivity contribution in [3.63, 3.8) is 0 Å². The van der Waals surface area contributed by atoms with Gasteiger partial charge in [0, 0.05) is 27.6 Å². The number of hydrogen-bond acceptors (Lipinski definition) is 10. The minimum absolute atomic E-state index is 0.546. The molecular weight excluding hydrogens is 582 g/mol. The fraction of sp³-hybridized carbons (Fsp3) is 0.353. The summed E-state index contributed by atoms with van der Waals surface area (Å²) in [6.45, 7) is -1.09. The van der Waals surface area contributed by atoms with Gasteiger partial charge in [0.05, 0.1) is 24.2 Å². The zero-order valence-electron chi connectivity index (χ0n) is 23.9. The number of fused-ring (bicyclic) bond motifs is 3. The van der Waals surface area contributed by atoms with Crippen molar-refractivity contribution >= 4 is 21.8 Å². The highest BCUT2D eigenvalue weighted by Crippen LogP contribution is 2.33. The Hall–Kier alpha value is -3.82. The Morgan fingerprint density at radius 3 is 1.42 bits per heavy atom. The topological polar surface area (TPSA) is 185 Å². The molecule has 0 saturated carbocycles. The largest absolute Gasteiger partial charge is 0.394 e. The number of para-hydroxylation sites is 1. The van der Waals surface area contributed by atoms with E-state index in [9.17, 15) is 40.9 Å². The van der Waals surface area contributed by atoms with Crippen LogP contribution in [-0.4, -0.2) is 120 Å². The van der Waals surface area contributed by atoms with Crippen molar-refractivity contribution in [3.05, 3.63) is 77.9 Å². The molecule has 8 N–H and O–H groups in total. The van der Waals surface area contributed by atoms with E-state index in [2.05, 4.69) is 28.2 Å². The van der Waals surface area contributed by atoms with Gasteiger partial charge in [-0.15, -0.1) is 0 Å². The van der Waals surface area contributed by atoms with Gasteiger partial charge in [0.1, 0.15) is 61.0 Å². The summed E-state index contributed by atoms with van der Waals surface area (Å²) in [7, 11) is 0. The van der Waals surface area contributed by atoms with Crippen LogP contribution in [-0.2, 0) is 9.47 Å². The van der Waals surface area contributed by atoms with Crippen molar-refractivity contribution < 1.29 is 50.3 Å². The van der Waals surface area contributed by atoms with Gasteiger partial charge in [-0.05, 0) is 48.5 Å². The lowest BCUT2D eigenvalue weighted by atomic mass is 9.95. The van der Waals surface area contributed by atoms with Crippen LogP contribution in [0.3, 0.4) is 0 Å². The zero-order chi connectivity index (χ0) is 31.8. The van der Waals surface area contributed by atoms with Gasteiger partial charge in [-0.2, -0.15) is 0 Å². The molecule has 0 spiro atoms. The molecule has 10 atom stereocenters. The Balaban J connectivity index is 1.40. The molecule has 3 heterocycles. The molecule has 3 aromatic carbocycles. The van der Waals surface area contributed by atoms with Crippen molar-refractivity contribution in [2.24, 2.45) is 0 Å². The third-order valence-electron chi connectivity index (χ3n) is 8.28. The number of aromatic nitrogens is 1. The van der Waals surface area contributed by atoms with E-state index in [1.54, 1.807) is 0 Å². The van der Waals surface area contributed by atoms with E-state index < -0.39 is 74.3 Å². The second-order valence-corrected chi connectivity index (χ2v) is 11.2. The van der Waals surface area contributed by atoms with E-state index >= 15 is 0 Å². The molecule has 10 unspecified atom stereocenters. The Morgan fingerprint density at radius 1 is 0.556 bits per heavy atom. The van der Waals surface area contributed by atoms with Crippen LogP contribution in [0.4, 0.5) is 0 Å². The minimum atomic E-state index is -1.52. The fourth-order valence-corrected chi connectivity index (χ4v) is 5.78. The molecule has 0 amide bonds. The lowest BCUT2D eigenvalue weighted by Crippen LogP contribution is -2.58. The molecule has 6 rings (SSSR count). The van der Waals surface area contributed by atoms with Gasteiger partial charge in [0.25, 0.3) is 0 Å². The molecule has 0 aliphatic carbocycles. The van der Waals surface area contributed by atoms with E-state index in [1.165, 1.54) is 0 Å². The van der Waals surface area contributed by atoms with E-state index in [4.69, 9.17) is 9.47 Å². The molecule has 11 heteroatoms. The van der Waals surface area contributed by atoms with Crippen LogP contribution in [0.1, 0.15) is 11.1 Å². The second kappa shape index (κ2) is 12.9. The summed E-state index contributed by atoms with van der Waals surface area (Å²) in [5.41, 5.74) is 3.87. The van der Waals surface area contributed by atoms with Gasteiger partial charge < -0.3 is 54.9 Å². The summed E-state index contributed by atoms with van der Waals surface area (Å²) in [6, 6.07) is 21.0. The van der Waals surface area contributed by atoms with Gasteiger partial charge in [0.2, 0.25) is 0 Å². The predicted octanol–water partition coefficient (Wildman–Crippen LogP) is -0.829. The van der Waals surface area contributed by atoms with Gasteiger partial charge in [-0.1, -0.05) is 41.9 Å². The van der Waals surface area contributed by atoms with E-state index in [0.29, 0.717) is 11.1 Å². The first-order valence-corrected chi connectivity index (χ1v) is 14.5. The monoisotopic (exact) mass is 615 g/mol. The summed E-state index contributed by atoms with van der Waals surface area (Å²) < 4.78 is 13.1. The quantitative estimate of drug-likeness (QED) is 0.135. The Morgan fingerprint density at radius 2 is 1.00 bits per heavy atom. The highest BCUT2D eigenvalue weighted by Gasteiger charge is 2.43. The van der Waals surface area contributed by atoms with Gasteiger partial charge in [0.15, 0.2) is 0 Å². The minimum Gasteiger partial charge on any atom is -0.394 e. The SMILES string of the molecule is OCC1OC(C#Cc2ccc3c(c2)c2cc(C#CC4OC(CO)C(O)C(O)C4O)ccc2n3-c2ccccc2)C(O)C(O)C1O. The maximum absolute atomic E-state index is 10.4. The van der Waals surface area contributed by atoms with Gasteiger partial charge >= 0.3 is 0 Å². The van der Waals surface area contributed by atoms with Crippen molar-refractivity contribution in [2.45, 2.75) is 61.0 Å². The number of ether oxygens (including phenoxy) is 2. The van der Waals surface area contributed by atoms with Crippen LogP contribution in [0.15, 0.2) is 66.7 Å². The lowest BCUT2D eigenvalue weighted by molar-refractivity contribution is -0.214. The Labute approximate surface area is 258 Å². The molecule has 2 fully saturated rings.